The highest BCUT2D eigenvalue weighted by Gasteiger charge is 2.18. The minimum absolute atomic E-state index is 0.0515. The summed E-state index contributed by atoms with van der Waals surface area (Å²) in [6, 6.07) is 8.12. The first-order chi connectivity index (χ1) is 14.1. The van der Waals surface area contributed by atoms with Crippen molar-refractivity contribution in [3.05, 3.63) is 70.1 Å². The summed E-state index contributed by atoms with van der Waals surface area (Å²) in [5.41, 5.74) is 6.24. The minimum Gasteiger partial charge on any atom is -0.327 e. The highest BCUT2D eigenvalue weighted by molar-refractivity contribution is 7.90. The summed E-state index contributed by atoms with van der Waals surface area (Å²) < 4.78 is 50.7. The summed E-state index contributed by atoms with van der Waals surface area (Å²) in [6.07, 6.45) is 0.375. The van der Waals surface area contributed by atoms with Gasteiger partial charge < -0.3 is 5.73 Å². The number of nitrogens with zero attached hydrogens (tertiary/aromatic N) is 3. The number of halogens is 2. The van der Waals surface area contributed by atoms with Gasteiger partial charge in [0.1, 0.15) is 11.6 Å². The van der Waals surface area contributed by atoms with E-state index in [9.17, 15) is 22.0 Å². The molecule has 0 saturated carbocycles. The Kier molecular flexibility index (Phi) is 5.94. The molecule has 0 aliphatic carbocycles. The van der Waals surface area contributed by atoms with Crippen LogP contribution in [0.3, 0.4) is 0 Å². The number of benzene rings is 1. The van der Waals surface area contributed by atoms with Crippen molar-refractivity contribution in [1.82, 2.24) is 19.7 Å². The highest BCUT2D eigenvalue weighted by Crippen LogP contribution is 2.25. The maximum absolute atomic E-state index is 13.0. The fourth-order valence-electron chi connectivity index (χ4n) is 2.94. The molecule has 30 heavy (non-hydrogen) atoms. The van der Waals surface area contributed by atoms with Crippen molar-refractivity contribution in [2.75, 3.05) is 12.8 Å². The molecule has 0 atom stereocenters. The van der Waals surface area contributed by atoms with Gasteiger partial charge in [-0.3, -0.25) is 0 Å². The molecule has 0 amide bonds. The highest BCUT2D eigenvalue weighted by atomic mass is 32.2. The van der Waals surface area contributed by atoms with E-state index in [2.05, 4.69) is 15.2 Å². The van der Waals surface area contributed by atoms with Gasteiger partial charge >= 0.3 is 5.69 Å². The number of hydrogen-bond donors (Lipinski definition) is 2. The predicted octanol–water partition coefficient (Wildman–Crippen LogP) is 1.99. The Morgan fingerprint density at radius 3 is 2.57 bits per heavy atom. The maximum atomic E-state index is 13.0. The third-order valence-corrected chi connectivity index (χ3v) is 5.60. The van der Waals surface area contributed by atoms with E-state index in [-0.39, 0.29) is 35.1 Å². The molecule has 11 heteroatoms. The third-order valence-electron chi connectivity index (χ3n) is 4.48. The summed E-state index contributed by atoms with van der Waals surface area (Å²) in [5, 5.41) is 6.06. The van der Waals surface area contributed by atoms with Crippen LogP contribution in [-0.4, -0.2) is 41.0 Å². The Hall–Kier alpha value is -3.18. The Bertz CT molecular complexity index is 1290. The van der Waals surface area contributed by atoms with Crippen LogP contribution in [0, 0.1) is 6.92 Å². The molecule has 0 saturated heterocycles. The number of aromatic nitrogens is 4. The fraction of sp³-hybridized carbons (Fsp3) is 0.211. The zero-order valence-electron chi connectivity index (χ0n) is 16.2. The van der Waals surface area contributed by atoms with E-state index in [4.69, 9.17) is 5.73 Å². The van der Waals surface area contributed by atoms with Crippen LogP contribution in [0.5, 0.6) is 0 Å². The van der Waals surface area contributed by atoms with Gasteiger partial charge in [0.05, 0.1) is 4.90 Å². The number of hydrogen-bond acceptors (Lipinski definition) is 6. The average molecular weight is 435 g/mol. The third kappa shape index (κ3) is 4.36. The molecule has 0 radical (unpaired) electrons. The van der Waals surface area contributed by atoms with E-state index in [0.29, 0.717) is 16.7 Å². The molecule has 0 aliphatic rings. The lowest BCUT2D eigenvalue weighted by atomic mass is 10.1. The lowest BCUT2D eigenvalue weighted by Crippen LogP contribution is -2.20. The molecule has 3 N–H and O–H groups in total. The molecule has 0 aliphatic heterocycles. The zero-order valence-corrected chi connectivity index (χ0v) is 17.0. The van der Waals surface area contributed by atoms with Gasteiger partial charge in [-0.15, -0.1) is 0 Å². The van der Waals surface area contributed by atoms with Crippen molar-refractivity contribution in [2.45, 2.75) is 18.2 Å². The van der Waals surface area contributed by atoms with Crippen molar-refractivity contribution < 1.29 is 17.2 Å². The summed E-state index contributed by atoms with van der Waals surface area (Å²) in [5.74, 6) is 0.276. The Balaban J connectivity index is 2.05. The smallest absolute Gasteiger partial charge is 0.327 e. The molecule has 0 spiro atoms. The van der Waals surface area contributed by atoms with Gasteiger partial charge in [-0.05, 0) is 36.2 Å². The number of aryl methyl sites for hydroxylation is 1. The number of rotatable bonds is 6. The van der Waals surface area contributed by atoms with E-state index >= 15 is 0 Å². The number of nitrogens with two attached hydrogens (primary N) is 1. The van der Waals surface area contributed by atoms with Gasteiger partial charge in [-0.25, -0.2) is 27.9 Å². The van der Waals surface area contributed by atoms with Crippen molar-refractivity contribution >= 4 is 9.84 Å². The Labute approximate surface area is 171 Å². The molecule has 2 heterocycles. The molecule has 0 unspecified atom stereocenters. The topological polar surface area (TPSA) is 124 Å². The first-order valence-electron chi connectivity index (χ1n) is 8.78. The Morgan fingerprint density at radius 1 is 1.23 bits per heavy atom. The number of aromatic amines is 1. The summed E-state index contributed by atoms with van der Waals surface area (Å²) in [4.78, 5) is 16.7. The van der Waals surface area contributed by atoms with E-state index in [1.54, 1.807) is 25.1 Å². The molecule has 3 aromatic rings. The van der Waals surface area contributed by atoms with Crippen LogP contribution < -0.4 is 11.4 Å². The fourth-order valence-corrected chi connectivity index (χ4v) is 3.61. The first kappa shape index (κ1) is 21.5. The second kappa shape index (κ2) is 8.28. The zero-order chi connectivity index (χ0) is 22.1. The second-order valence-corrected chi connectivity index (χ2v) is 8.71. The van der Waals surface area contributed by atoms with Crippen LogP contribution in [0.4, 0.5) is 8.78 Å². The monoisotopic (exact) mass is 435 g/mol. The van der Waals surface area contributed by atoms with Gasteiger partial charge in [-0.1, -0.05) is 12.1 Å². The van der Waals surface area contributed by atoms with Crippen LogP contribution in [0.2, 0.25) is 0 Å². The predicted molar refractivity (Wildman–Crippen MR) is 107 cm³/mol. The molecule has 8 nitrogen and oxygen atoms in total. The number of H-pyrrole nitrogens is 1. The second-order valence-electron chi connectivity index (χ2n) is 6.69. The number of nitrogens with one attached hydrogen (secondary N) is 1. The van der Waals surface area contributed by atoms with Crippen LogP contribution in [0.15, 0.2) is 57.9 Å². The SMILES string of the molecule is Cc1cc(-c2cccc(S(C)(=O)=O)c2)cnc1-n1c(CC(CN)=C(F)F)n[nH]c1=O. The minimum atomic E-state index is -3.37. The van der Waals surface area contributed by atoms with Crippen molar-refractivity contribution in [3.8, 4) is 16.9 Å². The van der Waals surface area contributed by atoms with E-state index in [1.807, 2.05) is 0 Å². The molecule has 0 fully saturated rings. The summed E-state index contributed by atoms with van der Waals surface area (Å²) in [6.45, 7) is 1.33. The maximum Gasteiger partial charge on any atom is 0.349 e. The van der Waals surface area contributed by atoms with Crippen LogP contribution in [0.25, 0.3) is 16.9 Å². The Morgan fingerprint density at radius 2 is 1.97 bits per heavy atom. The van der Waals surface area contributed by atoms with E-state index < -0.39 is 21.6 Å². The van der Waals surface area contributed by atoms with Gasteiger partial charge in [0.25, 0.3) is 6.08 Å². The van der Waals surface area contributed by atoms with Crippen molar-refractivity contribution in [2.24, 2.45) is 5.73 Å². The largest absolute Gasteiger partial charge is 0.349 e. The molecule has 3 rings (SSSR count). The van der Waals surface area contributed by atoms with Gasteiger partial charge in [0.2, 0.25) is 0 Å². The van der Waals surface area contributed by atoms with E-state index in [0.717, 1.165) is 10.8 Å². The van der Waals surface area contributed by atoms with Crippen LogP contribution >= 0.6 is 0 Å². The standard InChI is InChI=1S/C19H19F2N5O3S/c1-11-6-14(12-4-3-5-15(7-12)30(2,28)29)10-23-18(11)26-16(24-25-19(26)27)8-13(9-22)17(20)21/h3-7,10H,8-9,22H2,1-2H3,(H,25,27). The van der Waals surface area contributed by atoms with Crippen LogP contribution in [0.1, 0.15) is 11.4 Å². The van der Waals surface area contributed by atoms with Gasteiger partial charge in [0.15, 0.2) is 9.84 Å². The summed E-state index contributed by atoms with van der Waals surface area (Å²) in [7, 11) is -3.37. The first-order valence-corrected chi connectivity index (χ1v) is 10.7. The van der Waals surface area contributed by atoms with Crippen molar-refractivity contribution in [1.29, 1.82) is 0 Å². The number of pyridine rings is 1. The normalized spacial score (nSPS) is 11.5. The van der Waals surface area contributed by atoms with Crippen LogP contribution in [-0.2, 0) is 16.3 Å². The quantitative estimate of drug-likeness (QED) is 0.610. The molecule has 2 aromatic heterocycles. The number of sulfone groups is 1. The van der Waals surface area contributed by atoms with Gasteiger partial charge in [0, 0.05) is 36.6 Å². The molecular formula is C19H19F2N5O3S. The summed E-state index contributed by atoms with van der Waals surface area (Å²) >= 11 is 0. The lowest BCUT2D eigenvalue weighted by Gasteiger charge is -2.11. The molecular weight excluding hydrogens is 416 g/mol. The molecule has 0 bridgehead atoms. The lowest BCUT2D eigenvalue weighted by molar-refractivity contribution is 0.407. The van der Waals surface area contributed by atoms with Gasteiger partial charge in [-0.2, -0.15) is 13.9 Å². The van der Waals surface area contributed by atoms with Crippen molar-refractivity contribution in [3.63, 3.8) is 0 Å². The van der Waals surface area contributed by atoms with E-state index in [1.165, 1.54) is 18.3 Å². The average Bonchev–Trinajstić information content (AvgIpc) is 3.05. The molecule has 1 aromatic carbocycles. The molecule has 158 valence electrons.